The molecule has 0 saturated carbocycles. The number of rotatable bonds is 5. The van der Waals surface area contributed by atoms with Gasteiger partial charge in [0.25, 0.3) is 0 Å². The third-order valence-electron chi connectivity index (χ3n) is 4.45. The van der Waals surface area contributed by atoms with E-state index in [4.69, 9.17) is 16.3 Å². The molecule has 0 unspecified atom stereocenters. The van der Waals surface area contributed by atoms with E-state index in [2.05, 4.69) is 20.0 Å². The number of nitrogens with one attached hydrogen (secondary N) is 1. The van der Waals surface area contributed by atoms with Gasteiger partial charge in [0.2, 0.25) is 5.28 Å². The van der Waals surface area contributed by atoms with Crippen LogP contribution in [0, 0.1) is 5.82 Å². The number of benzene rings is 1. The zero-order valence-electron chi connectivity index (χ0n) is 17.7. The lowest BCUT2D eigenvalue weighted by Crippen LogP contribution is -2.50. The van der Waals surface area contributed by atoms with Gasteiger partial charge in [0.1, 0.15) is 5.60 Å². The molecule has 1 aliphatic heterocycles. The van der Waals surface area contributed by atoms with Crippen molar-refractivity contribution in [1.82, 2.24) is 14.9 Å². The number of hydrogen-bond acceptors (Lipinski definition) is 7. The van der Waals surface area contributed by atoms with E-state index in [0.29, 0.717) is 31.9 Å². The fourth-order valence-electron chi connectivity index (χ4n) is 3.04. The van der Waals surface area contributed by atoms with Crippen molar-refractivity contribution < 1.29 is 27.4 Å². The summed E-state index contributed by atoms with van der Waals surface area (Å²) < 4.78 is 49.9. The van der Waals surface area contributed by atoms with Gasteiger partial charge in [-0.15, -0.1) is 0 Å². The van der Waals surface area contributed by atoms with Gasteiger partial charge in [-0.2, -0.15) is 13.8 Å². The zero-order valence-corrected chi connectivity index (χ0v) is 18.5. The first-order chi connectivity index (χ1) is 15.0. The molecule has 3 rings (SSSR count). The second-order valence-electron chi connectivity index (χ2n) is 7.97. The van der Waals surface area contributed by atoms with Crippen molar-refractivity contribution in [2.24, 2.45) is 0 Å². The summed E-state index contributed by atoms with van der Waals surface area (Å²) in [6.45, 7) is 4.05. The SMILES string of the molecule is CC(C)(C)OC(=O)N1CCN(c2ccc(Nc3nc(Cl)ncc3F)c(OC(F)F)c2)CC1. The standard InChI is InChI=1S/C20H23ClF3N5O3/c1-20(2,3)32-19(30)29-8-6-28(7-9-29)12-4-5-14(15(10-12)31-18(23)24)26-16-13(22)11-25-17(21)27-16/h4-5,10-11,18H,6-9H2,1-3H3,(H,25,26,27). The van der Waals surface area contributed by atoms with Gasteiger partial charge in [-0.25, -0.2) is 14.2 Å². The highest BCUT2D eigenvalue weighted by atomic mass is 35.5. The van der Waals surface area contributed by atoms with Gasteiger partial charge < -0.3 is 24.6 Å². The van der Waals surface area contributed by atoms with Gasteiger partial charge in [0.05, 0.1) is 11.9 Å². The van der Waals surface area contributed by atoms with E-state index in [1.54, 1.807) is 31.7 Å². The molecular weight excluding hydrogens is 451 g/mol. The van der Waals surface area contributed by atoms with Crippen LogP contribution in [0.25, 0.3) is 0 Å². The van der Waals surface area contributed by atoms with E-state index < -0.39 is 24.1 Å². The van der Waals surface area contributed by atoms with Crippen LogP contribution in [-0.4, -0.2) is 59.4 Å². The van der Waals surface area contributed by atoms with Gasteiger partial charge in [-0.3, -0.25) is 0 Å². The number of amides is 1. The topological polar surface area (TPSA) is 79.8 Å². The number of hydrogen-bond donors (Lipinski definition) is 1. The van der Waals surface area contributed by atoms with Gasteiger partial charge in [-0.1, -0.05) is 0 Å². The average molecular weight is 474 g/mol. The minimum Gasteiger partial charge on any atom is -0.444 e. The molecule has 0 radical (unpaired) electrons. The van der Waals surface area contributed by atoms with Crippen molar-refractivity contribution in [3.05, 3.63) is 35.5 Å². The highest BCUT2D eigenvalue weighted by Gasteiger charge is 2.26. The van der Waals surface area contributed by atoms with Gasteiger partial charge in [-0.05, 0) is 44.5 Å². The summed E-state index contributed by atoms with van der Waals surface area (Å²) in [5, 5.41) is 2.40. The summed E-state index contributed by atoms with van der Waals surface area (Å²) in [7, 11) is 0. The van der Waals surface area contributed by atoms with E-state index >= 15 is 0 Å². The number of carbonyl (C=O) groups excluding carboxylic acids is 1. The van der Waals surface area contributed by atoms with E-state index in [0.717, 1.165) is 6.20 Å². The normalized spacial score (nSPS) is 14.5. The molecule has 32 heavy (non-hydrogen) atoms. The lowest BCUT2D eigenvalue weighted by atomic mass is 10.2. The Kier molecular flexibility index (Phi) is 7.17. The molecule has 174 valence electrons. The first-order valence-electron chi connectivity index (χ1n) is 9.78. The predicted octanol–water partition coefficient (Wildman–Crippen LogP) is 4.67. The average Bonchev–Trinajstić information content (AvgIpc) is 2.70. The summed E-state index contributed by atoms with van der Waals surface area (Å²) >= 11 is 5.68. The van der Waals surface area contributed by atoms with E-state index in [-0.39, 0.29) is 22.5 Å². The number of alkyl halides is 2. The summed E-state index contributed by atoms with van der Waals surface area (Å²) in [4.78, 5) is 23.0. The number of aromatic nitrogens is 2. The van der Waals surface area contributed by atoms with Gasteiger partial charge >= 0.3 is 12.7 Å². The van der Waals surface area contributed by atoms with Crippen molar-refractivity contribution in [3.8, 4) is 5.75 Å². The number of carbonyl (C=O) groups is 1. The largest absolute Gasteiger partial charge is 0.444 e. The summed E-state index contributed by atoms with van der Waals surface area (Å²) in [6, 6.07) is 4.56. The lowest BCUT2D eigenvalue weighted by molar-refractivity contribution is -0.0493. The van der Waals surface area contributed by atoms with Gasteiger partial charge in [0.15, 0.2) is 17.4 Å². The quantitative estimate of drug-likeness (QED) is 0.632. The van der Waals surface area contributed by atoms with Crippen LogP contribution in [0.2, 0.25) is 5.28 Å². The number of anilines is 3. The highest BCUT2D eigenvalue weighted by molar-refractivity contribution is 6.28. The smallest absolute Gasteiger partial charge is 0.410 e. The van der Waals surface area contributed by atoms with Crippen LogP contribution in [0.4, 0.5) is 35.2 Å². The Balaban J connectivity index is 1.74. The number of nitrogens with zero attached hydrogens (tertiary/aromatic N) is 4. The first-order valence-corrected chi connectivity index (χ1v) is 10.2. The maximum Gasteiger partial charge on any atom is 0.410 e. The summed E-state index contributed by atoms with van der Waals surface area (Å²) in [5.74, 6) is -1.27. The Morgan fingerprint density at radius 2 is 1.91 bits per heavy atom. The molecule has 0 aliphatic carbocycles. The Labute approximate surface area is 188 Å². The highest BCUT2D eigenvalue weighted by Crippen LogP contribution is 2.34. The molecule has 1 aromatic heterocycles. The van der Waals surface area contributed by atoms with Crippen LogP contribution < -0.4 is 15.0 Å². The summed E-state index contributed by atoms with van der Waals surface area (Å²) in [6.07, 6.45) is 0.466. The predicted molar refractivity (Wildman–Crippen MR) is 113 cm³/mol. The fraction of sp³-hybridized carbons (Fsp3) is 0.450. The molecule has 1 saturated heterocycles. The van der Waals surface area contributed by atoms with E-state index in [9.17, 15) is 18.0 Å². The second kappa shape index (κ2) is 9.68. The van der Waals surface area contributed by atoms with Crippen molar-refractivity contribution in [3.63, 3.8) is 0 Å². The monoisotopic (exact) mass is 473 g/mol. The van der Waals surface area contributed by atoms with Crippen molar-refractivity contribution in [1.29, 1.82) is 0 Å². The number of halogens is 4. The maximum atomic E-state index is 13.9. The molecule has 0 spiro atoms. The van der Waals surface area contributed by atoms with Crippen molar-refractivity contribution in [2.75, 3.05) is 36.4 Å². The summed E-state index contributed by atoms with van der Waals surface area (Å²) in [5.41, 5.74) is 0.0951. The van der Waals surface area contributed by atoms with Crippen LogP contribution in [0.1, 0.15) is 20.8 Å². The molecule has 1 N–H and O–H groups in total. The van der Waals surface area contributed by atoms with Crippen LogP contribution in [0.5, 0.6) is 5.75 Å². The Hall–Kier alpha value is -2.95. The van der Waals surface area contributed by atoms with Crippen LogP contribution in [0.15, 0.2) is 24.4 Å². The van der Waals surface area contributed by atoms with Gasteiger partial charge in [0, 0.05) is 37.9 Å². The van der Waals surface area contributed by atoms with Crippen molar-refractivity contribution in [2.45, 2.75) is 33.0 Å². The molecule has 1 aliphatic rings. The molecular formula is C20H23ClF3N5O3. The molecule has 0 bridgehead atoms. The molecule has 12 heteroatoms. The molecule has 8 nitrogen and oxygen atoms in total. The van der Waals surface area contributed by atoms with E-state index in [1.165, 1.54) is 12.1 Å². The molecule has 0 atom stereocenters. The lowest BCUT2D eigenvalue weighted by Gasteiger charge is -2.37. The second-order valence-corrected chi connectivity index (χ2v) is 8.31. The van der Waals surface area contributed by atoms with Crippen LogP contribution in [-0.2, 0) is 4.74 Å². The Morgan fingerprint density at radius 1 is 1.22 bits per heavy atom. The Morgan fingerprint density at radius 3 is 2.53 bits per heavy atom. The Bertz CT molecular complexity index is 966. The third kappa shape index (κ3) is 6.28. The zero-order chi connectivity index (χ0) is 23.5. The van der Waals surface area contributed by atoms with Crippen LogP contribution >= 0.6 is 11.6 Å². The molecule has 2 aromatic rings. The molecule has 2 heterocycles. The minimum absolute atomic E-state index is 0.0788. The molecule has 1 amide bonds. The van der Waals surface area contributed by atoms with E-state index in [1.807, 2.05) is 4.90 Å². The third-order valence-corrected chi connectivity index (χ3v) is 4.63. The molecule has 1 fully saturated rings. The number of ether oxygens (including phenoxy) is 2. The minimum atomic E-state index is -3.09. The fourth-order valence-corrected chi connectivity index (χ4v) is 3.17. The molecule has 1 aromatic carbocycles. The van der Waals surface area contributed by atoms with Crippen LogP contribution in [0.3, 0.4) is 0 Å². The number of piperazine rings is 1. The van der Waals surface area contributed by atoms with Crippen molar-refractivity contribution >= 4 is 34.9 Å². The maximum absolute atomic E-state index is 13.9. The first kappa shape index (κ1) is 23.7.